The molecule has 0 spiro atoms. The van der Waals surface area contributed by atoms with Crippen LogP contribution in [-0.2, 0) is 5.72 Å². The Bertz CT molecular complexity index is 268. The van der Waals surface area contributed by atoms with Gasteiger partial charge in [-0.25, -0.2) is 0 Å². The van der Waals surface area contributed by atoms with Gasteiger partial charge in [-0.2, -0.15) is 0 Å². The third-order valence-electron chi connectivity index (χ3n) is 1.74. The molecule has 1 unspecified atom stereocenters. The molecule has 1 atom stereocenters. The minimum absolute atomic E-state index is 0.545. The summed E-state index contributed by atoms with van der Waals surface area (Å²) in [6, 6.07) is 7.81. The lowest BCUT2D eigenvalue weighted by molar-refractivity contribution is 0.0388. The molecule has 1 aromatic carbocycles. The third-order valence-corrected chi connectivity index (χ3v) is 1.74. The summed E-state index contributed by atoms with van der Waals surface area (Å²) in [6.45, 7) is 5.86. The molecule has 1 heterocycles. The highest BCUT2D eigenvalue weighted by molar-refractivity contribution is 5.44. The van der Waals surface area contributed by atoms with Gasteiger partial charge in [0.05, 0.1) is 5.56 Å². The van der Waals surface area contributed by atoms with Crippen LogP contribution in [0.5, 0.6) is 5.75 Å². The standard InChI is InChI=1S/C8H9NO.C2H6/c1-8(9)6-4-2-3-5-7(6)10-8;1-2/h2-5H,9H2,1H3;1-2H3. The van der Waals surface area contributed by atoms with Crippen LogP contribution in [0.25, 0.3) is 0 Å². The fraction of sp³-hybridized carbons (Fsp3) is 0.400. The molecular formula is C10H15NO. The number of nitrogens with two attached hydrogens (primary N) is 1. The van der Waals surface area contributed by atoms with Gasteiger partial charge in [0.15, 0.2) is 5.72 Å². The van der Waals surface area contributed by atoms with Gasteiger partial charge in [-0.05, 0) is 19.1 Å². The summed E-state index contributed by atoms with van der Waals surface area (Å²) in [6.07, 6.45) is 0. The van der Waals surface area contributed by atoms with Crippen LogP contribution < -0.4 is 10.5 Å². The Morgan fingerprint density at radius 3 is 2.25 bits per heavy atom. The predicted molar refractivity (Wildman–Crippen MR) is 50.0 cm³/mol. The van der Waals surface area contributed by atoms with E-state index < -0.39 is 5.72 Å². The topological polar surface area (TPSA) is 35.2 Å². The van der Waals surface area contributed by atoms with Crippen molar-refractivity contribution < 1.29 is 4.74 Å². The van der Waals surface area contributed by atoms with Crippen LogP contribution in [0.3, 0.4) is 0 Å². The normalized spacial score (nSPS) is 24.0. The van der Waals surface area contributed by atoms with Crippen molar-refractivity contribution in [2.75, 3.05) is 0 Å². The summed E-state index contributed by atoms with van der Waals surface area (Å²) in [5.74, 6) is 0.910. The first kappa shape index (κ1) is 9.07. The van der Waals surface area contributed by atoms with Gasteiger partial charge in [0.2, 0.25) is 0 Å². The molecule has 66 valence electrons. The van der Waals surface area contributed by atoms with Crippen molar-refractivity contribution in [1.82, 2.24) is 0 Å². The Morgan fingerprint density at radius 1 is 1.25 bits per heavy atom. The number of fused-ring (bicyclic) bond motifs is 1. The van der Waals surface area contributed by atoms with Gasteiger partial charge in [0, 0.05) is 0 Å². The highest BCUT2D eigenvalue weighted by Crippen LogP contribution is 2.39. The SMILES string of the molecule is CC.CC1(N)Oc2ccccc21. The Kier molecular flexibility index (Phi) is 2.38. The van der Waals surface area contributed by atoms with Gasteiger partial charge in [-0.15, -0.1) is 0 Å². The van der Waals surface area contributed by atoms with Crippen molar-refractivity contribution in [2.45, 2.75) is 26.5 Å². The first-order valence-corrected chi connectivity index (χ1v) is 4.27. The molecule has 2 nitrogen and oxygen atoms in total. The van der Waals surface area contributed by atoms with E-state index in [-0.39, 0.29) is 0 Å². The predicted octanol–water partition coefficient (Wildman–Crippen LogP) is 2.24. The Labute approximate surface area is 73.3 Å². The zero-order valence-electron chi connectivity index (χ0n) is 7.79. The number of rotatable bonds is 0. The molecule has 0 aromatic heterocycles. The van der Waals surface area contributed by atoms with Crippen molar-refractivity contribution in [3.05, 3.63) is 29.8 Å². The second kappa shape index (κ2) is 3.15. The van der Waals surface area contributed by atoms with E-state index in [1.54, 1.807) is 0 Å². The molecule has 0 saturated heterocycles. The Hall–Kier alpha value is -1.02. The zero-order valence-corrected chi connectivity index (χ0v) is 7.79. The molecule has 2 rings (SSSR count). The largest absolute Gasteiger partial charge is 0.468 e. The van der Waals surface area contributed by atoms with E-state index in [0.29, 0.717) is 0 Å². The van der Waals surface area contributed by atoms with Crippen LogP contribution >= 0.6 is 0 Å². The molecule has 0 radical (unpaired) electrons. The number of ether oxygens (including phenoxy) is 1. The van der Waals surface area contributed by atoms with Gasteiger partial charge < -0.3 is 4.74 Å². The van der Waals surface area contributed by atoms with Crippen LogP contribution in [0, 0.1) is 0 Å². The van der Waals surface area contributed by atoms with Gasteiger partial charge in [-0.3, -0.25) is 5.73 Å². The van der Waals surface area contributed by atoms with E-state index in [2.05, 4.69) is 0 Å². The van der Waals surface area contributed by atoms with E-state index in [9.17, 15) is 0 Å². The van der Waals surface area contributed by atoms with Crippen molar-refractivity contribution in [1.29, 1.82) is 0 Å². The third kappa shape index (κ3) is 1.30. The smallest absolute Gasteiger partial charge is 0.185 e. The minimum Gasteiger partial charge on any atom is -0.468 e. The second-order valence-corrected chi connectivity index (χ2v) is 2.71. The fourth-order valence-corrected chi connectivity index (χ4v) is 1.20. The lowest BCUT2D eigenvalue weighted by atomic mass is 9.99. The average molecular weight is 165 g/mol. The van der Waals surface area contributed by atoms with Gasteiger partial charge in [-0.1, -0.05) is 26.0 Å². The molecule has 0 amide bonds. The first-order chi connectivity index (χ1) is 5.70. The van der Waals surface area contributed by atoms with Crippen LogP contribution in [0.4, 0.5) is 0 Å². The monoisotopic (exact) mass is 165 g/mol. The number of para-hydroxylation sites is 1. The van der Waals surface area contributed by atoms with E-state index in [1.165, 1.54) is 0 Å². The summed E-state index contributed by atoms with van der Waals surface area (Å²) in [7, 11) is 0. The maximum Gasteiger partial charge on any atom is 0.185 e. The zero-order chi connectivity index (χ0) is 9.19. The van der Waals surface area contributed by atoms with E-state index in [0.717, 1.165) is 11.3 Å². The molecule has 2 heteroatoms. The summed E-state index contributed by atoms with van der Waals surface area (Å²) in [5, 5.41) is 0. The molecule has 0 fully saturated rings. The quantitative estimate of drug-likeness (QED) is 0.639. The summed E-state index contributed by atoms with van der Waals surface area (Å²) >= 11 is 0. The van der Waals surface area contributed by atoms with Crippen LogP contribution in [0.1, 0.15) is 26.3 Å². The second-order valence-electron chi connectivity index (χ2n) is 2.71. The van der Waals surface area contributed by atoms with Crippen molar-refractivity contribution in [2.24, 2.45) is 5.73 Å². The average Bonchev–Trinajstić information content (AvgIpc) is 2.07. The molecule has 1 aromatic rings. The highest BCUT2D eigenvalue weighted by atomic mass is 16.5. The number of hydrogen-bond acceptors (Lipinski definition) is 2. The van der Waals surface area contributed by atoms with Crippen LogP contribution in [0.15, 0.2) is 24.3 Å². The molecule has 0 aliphatic carbocycles. The first-order valence-electron chi connectivity index (χ1n) is 4.27. The molecule has 0 bridgehead atoms. The van der Waals surface area contributed by atoms with Gasteiger partial charge in [0.1, 0.15) is 5.75 Å². The summed E-state index contributed by atoms with van der Waals surface area (Å²) in [4.78, 5) is 0. The molecule has 1 aliphatic rings. The van der Waals surface area contributed by atoms with Crippen molar-refractivity contribution in [3.63, 3.8) is 0 Å². The van der Waals surface area contributed by atoms with E-state index in [4.69, 9.17) is 10.5 Å². The van der Waals surface area contributed by atoms with Crippen LogP contribution in [-0.4, -0.2) is 0 Å². The molecular weight excluding hydrogens is 150 g/mol. The molecule has 0 saturated carbocycles. The molecule has 1 aliphatic heterocycles. The Morgan fingerprint density at radius 2 is 1.83 bits per heavy atom. The number of benzene rings is 1. The lowest BCUT2D eigenvalue weighted by Gasteiger charge is -2.37. The fourth-order valence-electron chi connectivity index (χ4n) is 1.20. The van der Waals surface area contributed by atoms with Crippen molar-refractivity contribution >= 4 is 0 Å². The maximum absolute atomic E-state index is 5.71. The van der Waals surface area contributed by atoms with Gasteiger partial charge in [0.25, 0.3) is 0 Å². The Balaban J connectivity index is 0.000000336. The summed E-state index contributed by atoms with van der Waals surface area (Å²) < 4.78 is 5.25. The van der Waals surface area contributed by atoms with Gasteiger partial charge >= 0.3 is 0 Å². The molecule has 12 heavy (non-hydrogen) atoms. The highest BCUT2D eigenvalue weighted by Gasteiger charge is 2.36. The number of hydrogen-bond donors (Lipinski definition) is 1. The summed E-state index contributed by atoms with van der Waals surface area (Å²) in [5.41, 5.74) is 6.26. The van der Waals surface area contributed by atoms with E-state index in [1.807, 2.05) is 45.0 Å². The van der Waals surface area contributed by atoms with Crippen LogP contribution in [0.2, 0.25) is 0 Å². The van der Waals surface area contributed by atoms with Crippen molar-refractivity contribution in [3.8, 4) is 5.75 Å². The minimum atomic E-state index is -0.545. The molecule has 2 N–H and O–H groups in total. The van der Waals surface area contributed by atoms with E-state index >= 15 is 0 Å². The lowest BCUT2D eigenvalue weighted by Crippen LogP contribution is -2.46. The maximum atomic E-state index is 5.71.